The second-order valence-electron chi connectivity index (χ2n) is 8.87. The van der Waals surface area contributed by atoms with Gasteiger partial charge in [0.05, 0.1) is 0 Å². The fourth-order valence-corrected chi connectivity index (χ4v) is 5.19. The number of imide groups is 2. The molecule has 2 aliphatic carbocycles. The molecule has 0 aromatic heterocycles. The molecule has 1 unspecified atom stereocenters. The van der Waals surface area contributed by atoms with E-state index >= 15 is 0 Å². The van der Waals surface area contributed by atoms with Crippen LogP contribution < -0.4 is 26.8 Å². The summed E-state index contributed by atoms with van der Waals surface area (Å²) in [6, 6.07) is 14.0. The summed E-state index contributed by atoms with van der Waals surface area (Å²) in [6.45, 7) is 0. The Morgan fingerprint density at radius 2 is 1.57 bits per heavy atom. The van der Waals surface area contributed by atoms with Gasteiger partial charge in [0.15, 0.2) is 0 Å². The van der Waals surface area contributed by atoms with Crippen molar-refractivity contribution < 1.29 is 28.0 Å². The number of primary amides is 1. The fraction of sp³-hybridized carbons (Fsp3) is 0.0345. The molecule has 0 aliphatic heterocycles. The smallest absolute Gasteiger partial charge is 0.326 e. The first-order valence-electron chi connectivity index (χ1n) is 11.8. The third-order valence-corrected chi connectivity index (χ3v) is 7.14. The molecule has 11 heteroatoms. The molecule has 0 heterocycles. The first-order chi connectivity index (χ1) is 19.1. The van der Waals surface area contributed by atoms with Gasteiger partial charge in [-0.1, -0.05) is 52.3 Å². The highest BCUT2D eigenvalue weighted by molar-refractivity contribution is 9.10. The highest BCUT2D eigenvalue weighted by atomic mass is 79.9. The van der Waals surface area contributed by atoms with Crippen LogP contribution in [0.5, 0.6) is 0 Å². The van der Waals surface area contributed by atoms with Crippen LogP contribution in [0.1, 0.15) is 20.7 Å². The number of anilines is 1. The largest absolute Gasteiger partial charge is 0.351 e. The number of nitrogens with zero attached hydrogens (tertiary/aromatic N) is 1. The van der Waals surface area contributed by atoms with Crippen LogP contribution in [-0.2, 0) is 0 Å². The summed E-state index contributed by atoms with van der Waals surface area (Å²) in [5, 5.41) is 6.22. The van der Waals surface area contributed by atoms with Crippen molar-refractivity contribution in [1.82, 2.24) is 10.2 Å². The minimum atomic E-state index is -1.34. The molecule has 4 N–H and O–H groups in total. The first-order valence-corrected chi connectivity index (χ1v) is 12.6. The Balaban J connectivity index is 1.32. The Labute approximate surface area is 234 Å². The van der Waals surface area contributed by atoms with Gasteiger partial charge in [-0.15, -0.1) is 0 Å². The van der Waals surface area contributed by atoms with Gasteiger partial charge in [-0.25, -0.2) is 23.3 Å². The number of rotatable bonds is 4. The second kappa shape index (κ2) is 10.3. The average Bonchev–Trinajstić information content (AvgIpc) is 3.25. The summed E-state index contributed by atoms with van der Waals surface area (Å²) < 4.78 is 26.2. The van der Waals surface area contributed by atoms with Crippen molar-refractivity contribution >= 4 is 57.1 Å². The quantitative estimate of drug-likeness (QED) is 0.311. The second-order valence-corrected chi connectivity index (χ2v) is 10.1. The number of carbonyl (C=O) groups excluding carboxylic acids is 4. The van der Waals surface area contributed by atoms with Crippen molar-refractivity contribution in [2.45, 2.75) is 4.45 Å². The number of amides is 6. The van der Waals surface area contributed by atoms with E-state index < -0.39 is 45.5 Å². The lowest BCUT2D eigenvalue weighted by Crippen LogP contribution is -2.52. The number of alkyl halides is 1. The van der Waals surface area contributed by atoms with Gasteiger partial charge in [-0.05, 0) is 76.2 Å². The maximum atomic E-state index is 13.8. The van der Waals surface area contributed by atoms with E-state index in [1.54, 1.807) is 12.2 Å². The summed E-state index contributed by atoms with van der Waals surface area (Å²) in [6.07, 6.45) is 7.14. The van der Waals surface area contributed by atoms with Gasteiger partial charge in [0.2, 0.25) is 0 Å². The first kappa shape index (κ1) is 26.7. The number of benzene rings is 3. The number of nitrogens with one attached hydrogen (secondary N) is 2. The van der Waals surface area contributed by atoms with Gasteiger partial charge in [0, 0.05) is 11.3 Å². The molecule has 1 atom stereocenters. The van der Waals surface area contributed by atoms with E-state index in [0.717, 1.165) is 44.7 Å². The molecule has 0 bridgehead atoms. The number of urea groups is 2. The van der Waals surface area contributed by atoms with Gasteiger partial charge in [0.1, 0.15) is 21.6 Å². The molecular formula is C29H19BrF2N4O4. The Morgan fingerprint density at radius 1 is 0.900 bits per heavy atom. The molecule has 0 saturated heterocycles. The van der Waals surface area contributed by atoms with E-state index in [4.69, 9.17) is 5.73 Å². The molecule has 0 radical (unpaired) electrons. The standard InChI is InChI=1S/C29H19BrF2N4O4/c30-29(13-12-21-18(15-29)14-17-4-1-2-5-20(17)21)36(27(33)39)26(38)16-8-10-19(11-9-16)34-28(40)35-25(37)24-22(31)6-3-7-23(24)32/h1-15H,(H2,33,39)(H2,34,35,37,40). The van der Waals surface area contributed by atoms with Crippen molar-refractivity contribution in [3.8, 4) is 0 Å². The van der Waals surface area contributed by atoms with E-state index in [1.165, 1.54) is 24.3 Å². The Morgan fingerprint density at radius 3 is 2.25 bits per heavy atom. The van der Waals surface area contributed by atoms with Crippen LogP contribution >= 0.6 is 15.9 Å². The molecule has 0 fully saturated rings. The van der Waals surface area contributed by atoms with Crippen LogP contribution in [0, 0.1) is 11.6 Å². The monoisotopic (exact) mass is 604 g/mol. The minimum Gasteiger partial charge on any atom is -0.351 e. The van der Waals surface area contributed by atoms with E-state index in [9.17, 15) is 28.0 Å². The van der Waals surface area contributed by atoms with Gasteiger partial charge in [-0.3, -0.25) is 14.9 Å². The van der Waals surface area contributed by atoms with Crippen LogP contribution in [0.15, 0.2) is 90.5 Å². The van der Waals surface area contributed by atoms with E-state index in [0.29, 0.717) is 0 Å². The molecule has 200 valence electrons. The SMILES string of the molecule is NC(=O)N(C(=O)c1ccc(NC(=O)NC(=O)c2c(F)cccc2F)cc1)C1(Br)C=CC2=c3ccccc3=CC2=C1. The number of hydrogen-bond acceptors (Lipinski definition) is 4. The van der Waals surface area contributed by atoms with Gasteiger partial charge in [-0.2, -0.15) is 0 Å². The Hall–Kier alpha value is -4.90. The maximum absolute atomic E-state index is 13.8. The molecule has 6 amide bonds. The number of nitrogens with two attached hydrogens (primary N) is 1. The van der Waals surface area contributed by atoms with Crippen molar-refractivity contribution in [3.63, 3.8) is 0 Å². The molecule has 8 nitrogen and oxygen atoms in total. The zero-order chi connectivity index (χ0) is 28.6. The average molecular weight is 605 g/mol. The molecule has 2 aliphatic rings. The third kappa shape index (κ3) is 4.94. The molecule has 3 aromatic carbocycles. The molecule has 3 aromatic rings. The highest BCUT2D eigenvalue weighted by Gasteiger charge is 2.40. The topological polar surface area (TPSA) is 122 Å². The zero-order valence-electron chi connectivity index (χ0n) is 20.5. The van der Waals surface area contributed by atoms with E-state index in [2.05, 4.69) is 21.2 Å². The lowest BCUT2D eigenvalue weighted by Gasteiger charge is -2.34. The molecule has 0 spiro atoms. The number of fused-ring (bicyclic) bond motifs is 2. The number of allylic oxidation sites excluding steroid dienone is 2. The summed E-state index contributed by atoms with van der Waals surface area (Å²) in [5.74, 6) is -4.22. The number of hydrogen-bond donors (Lipinski definition) is 3. The highest BCUT2D eigenvalue weighted by Crippen LogP contribution is 2.37. The van der Waals surface area contributed by atoms with Gasteiger partial charge in [0.25, 0.3) is 11.8 Å². The maximum Gasteiger partial charge on any atom is 0.326 e. The Bertz CT molecular complexity index is 1770. The van der Waals surface area contributed by atoms with Crippen molar-refractivity contribution in [3.05, 3.63) is 124 Å². The zero-order valence-corrected chi connectivity index (χ0v) is 22.0. The molecular weight excluding hydrogens is 586 g/mol. The number of carbonyl (C=O) groups is 4. The van der Waals surface area contributed by atoms with Crippen molar-refractivity contribution in [2.75, 3.05) is 5.32 Å². The van der Waals surface area contributed by atoms with Crippen molar-refractivity contribution in [2.24, 2.45) is 5.73 Å². The third-order valence-electron chi connectivity index (χ3n) is 6.29. The lowest BCUT2D eigenvalue weighted by atomic mass is 9.97. The van der Waals surface area contributed by atoms with Crippen LogP contribution in [-0.4, -0.2) is 33.2 Å². The van der Waals surface area contributed by atoms with Crippen LogP contribution in [0.25, 0.3) is 11.6 Å². The number of halogens is 3. The Kier molecular flexibility index (Phi) is 6.90. The van der Waals surface area contributed by atoms with E-state index in [1.807, 2.05) is 41.7 Å². The van der Waals surface area contributed by atoms with Gasteiger partial charge < -0.3 is 11.1 Å². The van der Waals surface area contributed by atoms with E-state index in [-0.39, 0.29) is 11.3 Å². The van der Waals surface area contributed by atoms with Crippen molar-refractivity contribution in [1.29, 1.82) is 0 Å². The summed E-state index contributed by atoms with van der Waals surface area (Å²) in [4.78, 5) is 51.1. The van der Waals surface area contributed by atoms with Crippen LogP contribution in [0.2, 0.25) is 0 Å². The minimum absolute atomic E-state index is 0.0772. The molecule has 40 heavy (non-hydrogen) atoms. The molecule has 0 saturated carbocycles. The predicted molar refractivity (Wildman–Crippen MR) is 147 cm³/mol. The van der Waals surface area contributed by atoms with Crippen LogP contribution in [0.3, 0.4) is 0 Å². The summed E-state index contributed by atoms with van der Waals surface area (Å²) in [7, 11) is 0. The van der Waals surface area contributed by atoms with Crippen LogP contribution in [0.4, 0.5) is 24.1 Å². The normalized spacial score (nSPS) is 16.7. The summed E-state index contributed by atoms with van der Waals surface area (Å²) >= 11 is 3.50. The fourth-order valence-electron chi connectivity index (χ4n) is 4.47. The predicted octanol–water partition coefficient (Wildman–Crippen LogP) is 3.68. The lowest BCUT2D eigenvalue weighted by molar-refractivity contribution is 0.0783. The molecule has 5 rings (SSSR count). The summed E-state index contributed by atoms with van der Waals surface area (Å²) in [5.41, 5.74) is 6.73. The van der Waals surface area contributed by atoms with Gasteiger partial charge >= 0.3 is 12.1 Å².